The molecule has 1 heterocycles. The maximum Gasteiger partial charge on any atom is 0.228 e. The van der Waals surface area contributed by atoms with Crippen LogP contribution in [0.15, 0.2) is 30.3 Å². The van der Waals surface area contributed by atoms with Crippen molar-refractivity contribution in [1.82, 2.24) is 9.78 Å². The number of amides is 1. The van der Waals surface area contributed by atoms with E-state index in [-0.39, 0.29) is 18.4 Å². The summed E-state index contributed by atoms with van der Waals surface area (Å²) in [7, 11) is 0. The highest BCUT2D eigenvalue weighted by Crippen LogP contribution is 2.38. The number of hydrogen-bond acceptors (Lipinski definition) is 3. The zero-order chi connectivity index (χ0) is 15.7. The van der Waals surface area contributed by atoms with Crippen molar-refractivity contribution in [3.05, 3.63) is 35.4 Å². The largest absolute Gasteiger partial charge is 0.394 e. The number of anilines is 1. The fourth-order valence-corrected chi connectivity index (χ4v) is 2.67. The lowest BCUT2D eigenvalue weighted by Gasteiger charge is -2.06. The van der Waals surface area contributed by atoms with Gasteiger partial charge in [-0.05, 0) is 24.5 Å². The molecule has 0 bridgehead atoms. The summed E-state index contributed by atoms with van der Waals surface area (Å²) in [6.45, 7) is 2.35. The average Bonchev–Trinajstić information content (AvgIpc) is 3.09. The summed E-state index contributed by atoms with van der Waals surface area (Å²) in [5.74, 6) is 1.16. The van der Waals surface area contributed by atoms with Gasteiger partial charge < -0.3 is 10.4 Å². The van der Waals surface area contributed by atoms with E-state index in [1.807, 2.05) is 24.3 Å². The molecule has 0 aliphatic heterocycles. The molecule has 2 unspecified atom stereocenters. The van der Waals surface area contributed by atoms with Crippen LogP contribution in [0, 0.1) is 11.8 Å². The molecule has 0 spiro atoms. The minimum Gasteiger partial charge on any atom is -0.394 e. The van der Waals surface area contributed by atoms with E-state index in [4.69, 9.17) is 11.6 Å². The summed E-state index contributed by atoms with van der Waals surface area (Å²) in [4.78, 5) is 12.1. The fourth-order valence-electron chi connectivity index (χ4n) is 2.48. The maximum atomic E-state index is 12.1. The van der Waals surface area contributed by atoms with Gasteiger partial charge in [-0.3, -0.25) is 4.79 Å². The first-order valence-corrected chi connectivity index (χ1v) is 7.72. The Morgan fingerprint density at radius 2 is 2.27 bits per heavy atom. The Hall–Kier alpha value is -1.85. The molecule has 1 aliphatic rings. The van der Waals surface area contributed by atoms with E-state index in [1.165, 1.54) is 0 Å². The monoisotopic (exact) mass is 319 g/mol. The summed E-state index contributed by atoms with van der Waals surface area (Å²) in [5.41, 5.74) is 1.59. The molecule has 0 saturated heterocycles. The van der Waals surface area contributed by atoms with Crippen LogP contribution in [0.3, 0.4) is 0 Å². The minimum atomic E-state index is -0.0423. The maximum absolute atomic E-state index is 12.1. The number of nitrogens with zero attached hydrogens (tertiary/aromatic N) is 2. The predicted octanol–water partition coefficient (Wildman–Crippen LogP) is 2.79. The van der Waals surface area contributed by atoms with E-state index in [9.17, 15) is 9.90 Å². The molecule has 116 valence electrons. The van der Waals surface area contributed by atoms with Gasteiger partial charge in [-0.1, -0.05) is 30.7 Å². The van der Waals surface area contributed by atoms with Crippen molar-refractivity contribution in [2.45, 2.75) is 19.9 Å². The molecule has 3 rings (SSSR count). The molecule has 1 amide bonds. The molecule has 1 aromatic heterocycles. The second kappa shape index (κ2) is 6.10. The molecule has 2 aromatic rings. The minimum absolute atomic E-state index is 0.0178. The molecule has 1 fully saturated rings. The number of aliphatic hydroxyl groups is 1. The summed E-state index contributed by atoms with van der Waals surface area (Å²) in [6, 6.07) is 9.19. The van der Waals surface area contributed by atoms with E-state index in [0.29, 0.717) is 23.3 Å². The van der Waals surface area contributed by atoms with Gasteiger partial charge in [-0.25, -0.2) is 4.68 Å². The second-order valence-corrected chi connectivity index (χ2v) is 6.12. The number of halogens is 1. The lowest BCUT2D eigenvalue weighted by atomic mass is 10.1. The number of rotatable bonds is 5. The number of nitrogens with one attached hydrogen (secondary N) is 1. The van der Waals surface area contributed by atoms with Crippen molar-refractivity contribution in [2.75, 3.05) is 11.9 Å². The van der Waals surface area contributed by atoms with E-state index in [0.717, 1.165) is 17.7 Å². The van der Waals surface area contributed by atoms with E-state index >= 15 is 0 Å². The third-order valence-corrected chi connectivity index (χ3v) is 4.14. The van der Waals surface area contributed by atoms with Crippen LogP contribution in [0.2, 0.25) is 5.02 Å². The van der Waals surface area contributed by atoms with E-state index in [2.05, 4.69) is 17.3 Å². The third kappa shape index (κ3) is 3.15. The highest BCUT2D eigenvalue weighted by atomic mass is 35.5. The van der Waals surface area contributed by atoms with Gasteiger partial charge in [0.15, 0.2) is 0 Å². The van der Waals surface area contributed by atoms with Crippen molar-refractivity contribution >= 4 is 23.3 Å². The highest BCUT2D eigenvalue weighted by molar-refractivity contribution is 6.30. The summed E-state index contributed by atoms with van der Waals surface area (Å²) < 4.78 is 1.61. The molecular formula is C16H18ClN3O2. The SMILES string of the molecule is CC1CC1C(=O)Nc1cc(-c2cccc(Cl)c2)nn1CCO. The summed E-state index contributed by atoms with van der Waals surface area (Å²) >= 11 is 6.01. The number of carbonyl (C=O) groups is 1. The molecule has 1 aliphatic carbocycles. The lowest BCUT2D eigenvalue weighted by Crippen LogP contribution is -2.18. The quantitative estimate of drug-likeness (QED) is 0.890. The third-order valence-electron chi connectivity index (χ3n) is 3.91. The number of aliphatic hydroxyl groups excluding tert-OH is 1. The van der Waals surface area contributed by atoms with Crippen LogP contribution in [-0.4, -0.2) is 27.4 Å². The molecule has 0 radical (unpaired) electrons. The van der Waals surface area contributed by atoms with E-state index in [1.54, 1.807) is 10.7 Å². The zero-order valence-electron chi connectivity index (χ0n) is 12.3. The highest BCUT2D eigenvalue weighted by Gasteiger charge is 2.39. The van der Waals surface area contributed by atoms with Gasteiger partial charge in [-0.15, -0.1) is 0 Å². The topological polar surface area (TPSA) is 67.2 Å². The predicted molar refractivity (Wildman–Crippen MR) is 85.7 cm³/mol. The molecule has 6 heteroatoms. The Morgan fingerprint density at radius 1 is 1.50 bits per heavy atom. The molecule has 1 saturated carbocycles. The van der Waals surface area contributed by atoms with E-state index < -0.39 is 0 Å². The Labute approximate surface area is 133 Å². The summed E-state index contributed by atoms with van der Waals surface area (Å²) in [5, 5.41) is 17.2. The van der Waals surface area contributed by atoms with Gasteiger partial charge in [0.2, 0.25) is 5.91 Å². The van der Waals surface area contributed by atoms with Crippen LogP contribution < -0.4 is 5.32 Å². The van der Waals surface area contributed by atoms with Crippen molar-refractivity contribution in [3.8, 4) is 11.3 Å². The summed E-state index contributed by atoms with van der Waals surface area (Å²) in [6.07, 6.45) is 0.932. The number of aromatic nitrogens is 2. The Bertz CT molecular complexity index is 698. The molecular weight excluding hydrogens is 302 g/mol. The van der Waals surface area contributed by atoms with Crippen LogP contribution in [-0.2, 0) is 11.3 Å². The number of carbonyl (C=O) groups excluding carboxylic acids is 1. The van der Waals surface area contributed by atoms with Gasteiger partial charge in [0, 0.05) is 22.6 Å². The molecule has 2 N–H and O–H groups in total. The normalized spacial score (nSPS) is 20.0. The van der Waals surface area contributed by atoms with Gasteiger partial charge in [0.25, 0.3) is 0 Å². The van der Waals surface area contributed by atoms with Crippen LogP contribution >= 0.6 is 11.6 Å². The molecule has 5 nitrogen and oxygen atoms in total. The van der Waals surface area contributed by atoms with Gasteiger partial charge >= 0.3 is 0 Å². The fraction of sp³-hybridized carbons (Fsp3) is 0.375. The Kier molecular flexibility index (Phi) is 4.18. The van der Waals surface area contributed by atoms with Gasteiger partial charge in [-0.2, -0.15) is 5.10 Å². The van der Waals surface area contributed by atoms with Crippen LogP contribution in [0.1, 0.15) is 13.3 Å². The Balaban J connectivity index is 1.86. The van der Waals surface area contributed by atoms with Crippen molar-refractivity contribution in [3.63, 3.8) is 0 Å². The smallest absolute Gasteiger partial charge is 0.228 e. The first-order chi connectivity index (χ1) is 10.6. The standard InChI is InChI=1S/C16H18ClN3O2/c1-10-7-13(10)16(22)18-15-9-14(19-20(15)5-6-21)11-3-2-4-12(17)8-11/h2-4,8-10,13,21H,5-7H2,1H3,(H,18,22). The van der Waals surface area contributed by atoms with Crippen LogP contribution in [0.25, 0.3) is 11.3 Å². The second-order valence-electron chi connectivity index (χ2n) is 5.68. The Morgan fingerprint density at radius 3 is 2.91 bits per heavy atom. The van der Waals surface area contributed by atoms with Crippen molar-refractivity contribution in [2.24, 2.45) is 11.8 Å². The molecule has 22 heavy (non-hydrogen) atoms. The average molecular weight is 320 g/mol. The number of hydrogen-bond donors (Lipinski definition) is 2. The zero-order valence-corrected chi connectivity index (χ0v) is 13.0. The van der Waals surface area contributed by atoms with Crippen molar-refractivity contribution in [1.29, 1.82) is 0 Å². The van der Waals surface area contributed by atoms with Crippen LogP contribution in [0.4, 0.5) is 5.82 Å². The first kappa shape index (κ1) is 15.1. The van der Waals surface area contributed by atoms with Gasteiger partial charge in [0.1, 0.15) is 5.82 Å². The van der Waals surface area contributed by atoms with Gasteiger partial charge in [0.05, 0.1) is 18.8 Å². The first-order valence-electron chi connectivity index (χ1n) is 7.34. The van der Waals surface area contributed by atoms with Crippen LogP contribution in [0.5, 0.6) is 0 Å². The number of benzene rings is 1. The molecule has 2 atom stereocenters. The molecule has 1 aromatic carbocycles. The lowest BCUT2D eigenvalue weighted by molar-refractivity contribution is -0.117. The van der Waals surface area contributed by atoms with Crippen molar-refractivity contribution < 1.29 is 9.90 Å².